The van der Waals surface area contributed by atoms with E-state index in [2.05, 4.69) is 10.6 Å². The predicted molar refractivity (Wildman–Crippen MR) is 139 cm³/mol. The van der Waals surface area contributed by atoms with E-state index >= 15 is 0 Å². The number of aliphatic carboxylic acids is 1. The summed E-state index contributed by atoms with van der Waals surface area (Å²) in [6.45, 7) is 16.4. The number of ketones is 1. The van der Waals surface area contributed by atoms with Crippen molar-refractivity contribution in [2.75, 3.05) is 6.54 Å². The molecule has 2 aliphatic heterocycles. The maximum atomic E-state index is 14.0. The van der Waals surface area contributed by atoms with Gasteiger partial charge in [-0.15, -0.1) is 0 Å². The van der Waals surface area contributed by atoms with Crippen LogP contribution in [0.5, 0.6) is 0 Å². The molecule has 0 spiro atoms. The Balaban J connectivity index is 2.42. The Labute approximate surface area is 225 Å². The number of fused-ring (bicyclic) bond motifs is 1. The maximum absolute atomic E-state index is 14.0. The van der Waals surface area contributed by atoms with Crippen LogP contribution in [0, 0.1) is 11.3 Å². The number of carboxylic acids is 1. The molecule has 0 aromatic heterocycles. The molecule has 5 atom stereocenters. The summed E-state index contributed by atoms with van der Waals surface area (Å²) < 4.78 is 11.6. The van der Waals surface area contributed by atoms with E-state index in [-0.39, 0.29) is 18.9 Å². The van der Waals surface area contributed by atoms with E-state index in [0.29, 0.717) is 19.3 Å². The summed E-state index contributed by atoms with van der Waals surface area (Å²) >= 11 is 0. The minimum absolute atomic E-state index is 0.124. The Morgan fingerprint density at radius 3 is 2.18 bits per heavy atom. The number of nitrogens with zero attached hydrogens (tertiary/aromatic N) is 1. The van der Waals surface area contributed by atoms with E-state index in [9.17, 15) is 29.1 Å². The molecule has 3 amide bonds. The molecule has 2 saturated heterocycles. The highest BCUT2D eigenvalue weighted by Gasteiger charge is 2.54. The number of amides is 3. The van der Waals surface area contributed by atoms with Crippen molar-refractivity contribution in [3.63, 3.8) is 0 Å². The van der Waals surface area contributed by atoms with Crippen LogP contribution in [0.3, 0.4) is 0 Å². The van der Waals surface area contributed by atoms with Crippen molar-refractivity contribution in [2.24, 2.45) is 11.3 Å². The zero-order valence-corrected chi connectivity index (χ0v) is 24.2. The molecule has 2 aliphatic rings. The van der Waals surface area contributed by atoms with Crippen LogP contribution in [0.4, 0.5) is 4.79 Å². The molecule has 0 saturated carbocycles. The topological polar surface area (TPSA) is 151 Å². The molecule has 38 heavy (non-hydrogen) atoms. The highest BCUT2D eigenvalue weighted by Crippen LogP contribution is 2.41. The zero-order valence-electron chi connectivity index (χ0n) is 24.2. The number of alkyl carbamates (subject to hydrolysis) is 1. The Kier molecular flexibility index (Phi) is 9.62. The van der Waals surface area contributed by atoms with Crippen molar-refractivity contribution < 1.29 is 38.6 Å². The number of carboxylic acid groups (broad SMARTS) is 1. The van der Waals surface area contributed by atoms with Gasteiger partial charge in [0.1, 0.15) is 17.7 Å². The SMILES string of the molecule is CCCC(NC(=O)[C@@H]1[C@@H]2CCC(C)(C)O[C@@H]2CN1C(=O)[C@@H](NC(=O)OC(C)(C)C)C(C)(C)C)C(=O)C(=O)O. The minimum Gasteiger partial charge on any atom is -0.475 e. The summed E-state index contributed by atoms with van der Waals surface area (Å²) in [5.74, 6) is -4.16. The third-order valence-electron chi connectivity index (χ3n) is 6.89. The molecule has 0 bridgehead atoms. The number of likely N-dealkylation sites (tertiary alicyclic amines) is 1. The lowest BCUT2D eigenvalue weighted by atomic mass is 9.83. The largest absolute Gasteiger partial charge is 0.475 e. The molecule has 2 heterocycles. The van der Waals surface area contributed by atoms with Gasteiger partial charge in [0.05, 0.1) is 17.7 Å². The standard InChI is InChI=1S/C27H45N3O8/c1-10-11-16(19(31)23(34)35)28-21(32)18-15-12-13-27(8,9)37-17(15)14-30(18)22(33)20(25(2,3)4)29-24(36)38-26(5,6)7/h15-18,20H,10-14H2,1-9H3,(H,28,32)(H,29,36)(H,34,35)/t15-,16?,17-,18+,20-/m1/s1. The van der Waals surface area contributed by atoms with Crippen LogP contribution in [0.15, 0.2) is 0 Å². The van der Waals surface area contributed by atoms with Gasteiger partial charge in [0.25, 0.3) is 5.78 Å². The number of carbonyl (C=O) groups is 5. The first kappa shape index (κ1) is 31.5. The van der Waals surface area contributed by atoms with E-state index in [0.717, 1.165) is 0 Å². The fourth-order valence-electron chi connectivity index (χ4n) is 5.10. The molecular formula is C27H45N3O8. The van der Waals surface area contributed by atoms with Gasteiger partial charge in [-0.25, -0.2) is 9.59 Å². The van der Waals surface area contributed by atoms with Crippen LogP contribution < -0.4 is 10.6 Å². The van der Waals surface area contributed by atoms with Gasteiger partial charge in [-0.1, -0.05) is 34.1 Å². The van der Waals surface area contributed by atoms with Gasteiger partial charge in [0.15, 0.2) is 0 Å². The lowest BCUT2D eigenvalue weighted by Gasteiger charge is -2.39. The van der Waals surface area contributed by atoms with Gasteiger partial charge in [0.2, 0.25) is 11.8 Å². The fraction of sp³-hybridized carbons (Fsp3) is 0.815. The van der Waals surface area contributed by atoms with Crippen LogP contribution in [0.2, 0.25) is 0 Å². The Morgan fingerprint density at radius 1 is 1.08 bits per heavy atom. The smallest absolute Gasteiger partial charge is 0.408 e. The van der Waals surface area contributed by atoms with E-state index in [1.807, 2.05) is 13.8 Å². The van der Waals surface area contributed by atoms with Crippen LogP contribution in [-0.2, 0) is 28.7 Å². The number of rotatable bonds is 8. The Hall–Kier alpha value is -2.69. The lowest BCUT2D eigenvalue weighted by molar-refractivity contribution is -0.151. The molecule has 3 N–H and O–H groups in total. The molecule has 0 radical (unpaired) electrons. The zero-order chi connectivity index (χ0) is 29.2. The van der Waals surface area contributed by atoms with Crippen molar-refractivity contribution in [3.05, 3.63) is 0 Å². The van der Waals surface area contributed by atoms with Crippen LogP contribution >= 0.6 is 0 Å². The molecule has 216 valence electrons. The molecule has 11 nitrogen and oxygen atoms in total. The van der Waals surface area contributed by atoms with Gasteiger partial charge < -0.3 is 30.1 Å². The van der Waals surface area contributed by atoms with E-state index in [1.54, 1.807) is 48.5 Å². The highest BCUT2D eigenvalue weighted by atomic mass is 16.6. The average molecular weight is 540 g/mol. The van der Waals surface area contributed by atoms with Crippen LogP contribution in [0.25, 0.3) is 0 Å². The molecule has 11 heteroatoms. The molecule has 0 aliphatic carbocycles. The second kappa shape index (κ2) is 11.6. The fourth-order valence-corrected chi connectivity index (χ4v) is 5.10. The van der Waals surface area contributed by atoms with Crippen molar-refractivity contribution in [3.8, 4) is 0 Å². The van der Waals surface area contributed by atoms with Crippen molar-refractivity contribution in [1.82, 2.24) is 15.5 Å². The van der Waals surface area contributed by atoms with Crippen molar-refractivity contribution >= 4 is 29.7 Å². The third-order valence-corrected chi connectivity index (χ3v) is 6.89. The molecule has 0 aromatic rings. The number of Topliss-reactive ketones (excluding diaryl/α,β-unsaturated/α-hetero) is 1. The van der Waals surface area contributed by atoms with E-state index < -0.39 is 70.5 Å². The molecule has 0 aromatic carbocycles. The van der Waals surface area contributed by atoms with Crippen molar-refractivity contribution in [1.29, 1.82) is 0 Å². The predicted octanol–water partition coefficient (Wildman–Crippen LogP) is 2.65. The summed E-state index contributed by atoms with van der Waals surface area (Å²) in [5, 5.41) is 14.5. The quantitative estimate of drug-likeness (QED) is 0.398. The van der Waals surface area contributed by atoms with Gasteiger partial charge in [0, 0.05) is 12.5 Å². The Bertz CT molecular complexity index is 934. The summed E-state index contributed by atoms with van der Waals surface area (Å²) in [7, 11) is 0. The average Bonchev–Trinajstić information content (AvgIpc) is 3.11. The maximum Gasteiger partial charge on any atom is 0.408 e. The number of carbonyl (C=O) groups excluding carboxylic acids is 4. The van der Waals surface area contributed by atoms with Gasteiger partial charge >= 0.3 is 12.1 Å². The lowest BCUT2D eigenvalue weighted by Crippen LogP contribution is -2.60. The second-order valence-electron chi connectivity index (χ2n) is 13.0. The van der Waals surface area contributed by atoms with E-state index in [1.165, 1.54) is 4.90 Å². The van der Waals surface area contributed by atoms with Crippen molar-refractivity contribution in [2.45, 2.75) is 123 Å². The third kappa shape index (κ3) is 7.91. The van der Waals surface area contributed by atoms with E-state index in [4.69, 9.17) is 9.47 Å². The molecular weight excluding hydrogens is 494 g/mol. The highest BCUT2D eigenvalue weighted by molar-refractivity contribution is 6.35. The number of nitrogens with one attached hydrogen (secondary N) is 2. The first-order valence-corrected chi connectivity index (χ1v) is 13.3. The van der Waals surface area contributed by atoms with Crippen LogP contribution in [-0.4, -0.2) is 81.6 Å². The summed E-state index contributed by atoms with van der Waals surface area (Å²) in [6, 6.07) is -3.22. The van der Waals surface area contributed by atoms with Crippen LogP contribution in [0.1, 0.15) is 88.0 Å². The van der Waals surface area contributed by atoms with Gasteiger partial charge in [-0.05, 0) is 59.3 Å². The molecule has 2 fully saturated rings. The number of ether oxygens (including phenoxy) is 2. The summed E-state index contributed by atoms with van der Waals surface area (Å²) in [5.41, 5.74) is -1.94. The number of hydrogen-bond acceptors (Lipinski definition) is 7. The van der Waals surface area contributed by atoms with Gasteiger partial charge in [-0.3, -0.25) is 14.4 Å². The molecule has 1 unspecified atom stereocenters. The second-order valence-corrected chi connectivity index (χ2v) is 13.0. The molecule has 2 rings (SSSR count). The van der Waals surface area contributed by atoms with Gasteiger partial charge in [-0.2, -0.15) is 0 Å². The number of hydrogen-bond donors (Lipinski definition) is 3. The Morgan fingerprint density at radius 2 is 1.68 bits per heavy atom. The first-order chi connectivity index (χ1) is 17.3. The minimum atomic E-state index is -1.63. The normalized spacial score (nSPS) is 24.6. The first-order valence-electron chi connectivity index (χ1n) is 13.3. The summed E-state index contributed by atoms with van der Waals surface area (Å²) in [4.78, 5) is 65.3. The monoisotopic (exact) mass is 539 g/mol. The summed E-state index contributed by atoms with van der Waals surface area (Å²) in [6.07, 6.45) is 0.707.